The van der Waals surface area contributed by atoms with E-state index < -0.39 is 0 Å². The van der Waals surface area contributed by atoms with Crippen molar-refractivity contribution in [3.8, 4) is 5.75 Å². The van der Waals surface area contributed by atoms with Crippen LogP contribution < -0.4 is 10.1 Å². The maximum atomic E-state index is 11.9. The smallest absolute Gasteiger partial charge is 0.221 e. The predicted molar refractivity (Wildman–Crippen MR) is 137 cm³/mol. The minimum atomic E-state index is -0.0802. The molecule has 1 N–H and O–H groups in total. The van der Waals surface area contributed by atoms with E-state index in [0.717, 1.165) is 43.7 Å². The zero-order valence-electron chi connectivity index (χ0n) is 21.4. The van der Waals surface area contributed by atoms with Crippen molar-refractivity contribution in [3.63, 3.8) is 0 Å². The van der Waals surface area contributed by atoms with Gasteiger partial charge in [-0.3, -0.25) is 4.79 Å². The number of piperidine rings is 1. The summed E-state index contributed by atoms with van der Waals surface area (Å²) in [7, 11) is 5.84. The number of methoxy groups -OCH3 is 2. The van der Waals surface area contributed by atoms with E-state index in [1.807, 2.05) is 19.2 Å². The highest BCUT2D eigenvalue weighted by molar-refractivity contribution is 5.91. The second-order valence-corrected chi connectivity index (χ2v) is 10.6. The monoisotopic (exact) mass is 478 g/mol. The van der Waals surface area contributed by atoms with Gasteiger partial charge < -0.3 is 24.4 Å². The number of carbonyl (C=O) groups is 1. The van der Waals surface area contributed by atoms with Crippen molar-refractivity contribution in [1.82, 2.24) is 4.90 Å². The van der Waals surface area contributed by atoms with E-state index in [4.69, 9.17) is 14.2 Å². The quantitative estimate of drug-likeness (QED) is 0.639. The molecule has 35 heavy (non-hydrogen) atoms. The van der Waals surface area contributed by atoms with Crippen LogP contribution >= 0.6 is 0 Å². The van der Waals surface area contributed by atoms with Gasteiger partial charge in [-0.15, -0.1) is 0 Å². The molecule has 1 heterocycles. The Morgan fingerprint density at radius 3 is 2.69 bits per heavy atom. The lowest BCUT2D eigenvalue weighted by Crippen LogP contribution is -2.63. The van der Waals surface area contributed by atoms with Crippen molar-refractivity contribution >= 4 is 11.6 Å². The van der Waals surface area contributed by atoms with Crippen molar-refractivity contribution < 1.29 is 19.0 Å². The van der Waals surface area contributed by atoms with Gasteiger partial charge in [0.15, 0.2) is 0 Å². The predicted octanol–water partition coefficient (Wildman–Crippen LogP) is 4.41. The number of fused-ring (bicyclic) bond motifs is 1. The first kappa shape index (κ1) is 24.3. The number of anilines is 1. The lowest BCUT2D eigenvalue weighted by Gasteiger charge is -2.61. The summed E-state index contributed by atoms with van der Waals surface area (Å²) < 4.78 is 18.4. The number of ether oxygens (including phenoxy) is 3. The van der Waals surface area contributed by atoms with Crippen LogP contribution in [0, 0.1) is 11.8 Å². The fourth-order valence-corrected chi connectivity index (χ4v) is 7.17. The van der Waals surface area contributed by atoms with Gasteiger partial charge in [0.1, 0.15) is 5.75 Å². The fraction of sp³-hybridized carbons (Fsp3) is 0.552. The van der Waals surface area contributed by atoms with Crippen LogP contribution in [0.5, 0.6) is 5.75 Å². The molecule has 2 aromatic carbocycles. The summed E-state index contributed by atoms with van der Waals surface area (Å²) in [4.78, 5) is 14.5. The summed E-state index contributed by atoms with van der Waals surface area (Å²) in [6.45, 7) is 3.93. The highest BCUT2D eigenvalue weighted by Gasteiger charge is 2.58. The van der Waals surface area contributed by atoms with Gasteiger partial charge in [-0.25, -0.2) is 0 Å². The van der Waals surface area contributed by atoms with Gasteiger partial charge >= 0.3 is 0 Å². The first-order valence-electron chi connectivity index (χ1n) is 12.8. The van der Waals surface area contributed by atoms with Gasteiger partial charge in [0.2, 0.25) is 5.91 Å². The highest BCUT2D eigenvalue weighted by atomic mass is 16.5. The molecule has 0 radical (unpaired) electrons. The molecule has 2 bridgehead atoms. The maximum absolute atomic E-state index is 11.9. The average Bonchev–Trinajstić information content (AvgIpc) is 2.86. The van der Waals surface area contributed by atoms with E-state index in [-0.39, 0.29) is 17.4 Å². The number of carbonyl (C=O) groups excluding carboxylic acids is 1. The number of likely N-dealkylation sites (tertiary alicyclic amines) is 1. The Morgan fingerprint density at radius 1 is 1.17 bits per heavy atom. The number of likely N-dealkylation sites (N-methyl/N-ethyl adjacent to an activating group) is 1. The maximum Gasteiger partial charge on any atom is 0.221 e. The molecule has 3 aliphatic rings. The van der Waals surface area contributed by atoms with Crippen LogP contribution in [0.15, 0.2) is 42.5 Å². The van der Waals surface area contributed by atoms with E-state index in [1.165, 1.54) is 16.7 Å². The van der Waals surface area contributed by atoms with Crippen LogP contribution in [0.1, 0.15) is 42.9 Å². The minimum absolute atomic E-state index is 0.0266. The number of rotatable bonds is 7. The molecule has 6 heteroatoms. The Kier molecular flexibility index (Phi) is 6.88. The second-order valence-electron chi connectivity index (χ2n) is 10.6. The van der Waals surface area contributed by atoms with Crippen molar-refractivity contribution in [2.75, 3.05) is 39.7 Å². The first-order chi connectivity index (χ1) is 17.0. The average molecular weight is 479 g/mol. The summed E-state index contributed by atoms with van der Waals surface area (Å²) in [6, 6.07) is 15.1. The van der Waals surface area contributed by atoms with Crippen molar-refractivity contribution in [2.45, 2.75) is 56.8 Å². The van der Waals surface area contributed by atoms with Crippen LogP contribution in [0.25, 0.3) is 0 Å². The van der Waals surface area contributed by atoms with Crippen molar-refractivity contribution in [3.05, 3.63) is 59.2 Å². The molecule has 2 aliphatic carbocycles. The Balaban J connectivity index is 1.47. The number of hydrogen-bond donors (Lipinski definition) is 1. The number of nitrogens with one attached hydrogen (secondary N) is 1. The molecule has 1 amide bonds. The lowest BCUT2D eigenvalue weighted by atomic mass is 9.50. The van der Waals surface area contributed by atoms with Gasteiger partial charge in [-0.2, -0.15) is 0 Å². The summed E-state index contributed by atoms with van der Waals surface area (Å²) in [5, 5.41) is 3.00. The van der Waals surface area contributed by atoms with E-state index in [9.17, 15) is 4.79 Å². The molecule has 1 saturated heterocycles. The molecule has 188 valence electrons. The molecule has 6 nitrogen and oxygen atoms in total. The van der Waals surface area contributed by atoms with Gasteiger partial charge in [-0.05, 0) is 62.4 Å². The zero-order valence-corrected chi connectivity index (χ0v) is 21.4. The molecule has 2 fully saturated rings. The molecular formula is C29H38N2O4. The third-order valence-electron chi connectivity index (χ3n) is 8.73. The van der Waals surface area contributed by atoms with Crippen LogP contribution in [0.2, 0.25) is 0 Å². The third kappa shape index (κ3) is 4.37. The Labute approximate surface area is 208 Å². The molecule has 1 saturated carbocycles. The van der Waals surface area contributed by atoms with Gasteiger partial charge in [0.25, 0.3) is 0 Å². The topological polar surface area (TPSA) is 60.0 Å². The molecule has 4 unspecified atom stereocenters. The second kappa shape index (κ2) is 9.92. The summed E-state index contributed by atoms with van der Waals surface area (Å²) in [5.41, 5.74) is 4.59. The zero-order chi connectivity index (χ0) is 24.6. The standard InChI is InChI=1S/C29H38N2O4/c1-19(32)30-24-11-10-21-15-25-23-14-22(18-35-17-20-8-6-5-7-9-20)26(33-3)16-29(23,12-13-31(25)2)27(21)28(24)34-4/h5-11,22-23,25-26H,12-18H2,1-4H3,(H,30,32)/t22-,23?,25?,26?,29?/m1/s1. The number of amides is 1. The first-order valence-corrected chi connectivity index (χ1v) is 12.8. The molecule has 0 spiro atoms. The van der Waals surface area contributed by atoms with E-state index >= 15 is 0 Å². The van der Waals surface area contributed by atoms with Crippen molar-refractivity contribution in [2.24, 2.45) is 11.8 Å². The van der Waals surface area contributed by atoms with Gasteiger partial charge in [0, 0.05) is 37.0 Å². The Bertz CT molecular complexity index is 1060. The summed E-state index contributed by atoms with van der Waals surface area (Å²) in [6.07, 6.45) is 4.20. The highest BCUT2D eigenvalue weighted by Crippen LogP contribution is 2.60. The van der Waals surface area contributed by atoms with E-state index in [1.54, 1.807) is 14.0 Å². The minimum Gasteiger partial charge on any atom is -0.494 e. The van der Waals surface area contributed by atoms with Crippen LogP contribution in [-0.2, 0) is 32.7 Å². The van der Waals surface area contributed by atoms with Gasteiger partial charge in [-0.1, -0.05) is 36.4 Å². The van der Waals surface area contributed by atoms with Crippen LogP contribution in [-0.4, -0.2) is 57.4 Å². The number of hydrogen-bond acceptors (Lipinski definition) is 5. The molecule has 5 atom stereocenters. The van der Waals surface area contributed by atoms with Crippen LogP contribution in [0.4, 0.5) is 5.69 Å². The SMILES string of the molecule is COc1c(NC(C)=O)ccc2c1C13CCN(C)C(C2)C1C[C@H](COCc1ccccc1)C(OC)C3. The molecule has 5 rings (SSSR count). The third-order valence-corrected chi connectivity index (χ3v) is 8.73. The number of nitrogens with zero attached hydrogens (tertiary/aromatic N) is 1. The van der Waals surface area contributed by atoms with Gasteiger partial charge in [0.05, 0.1) is 32.1 Å². The lowest BCUT2D eigenvalue weighted by molar-refractivity contribution is -0.114. The van der Waals surface area contributed by atoms with Crippen molar-refractivity contribution in [1.29, 1.82) is 0 Å². The normalized spacial score (nSPS) is 29.7. The molecule has 1 aliphatic heterocycles. The van der Waals surface area contributed by atoms with E-state index in [2.05, 4.69) is 47.6 Å². The fourth-order valence-electron chi connectivity index (χ4n) is 7.17. The summed E-state index contributed by atoms with van der Waals surface area (Å²) >= 11 is 0. The number of benzene rings is 2. The van der Waals surface area contributed by atoms with E-state index in [0.29, 0.717) is 31.1 Å². The molecule has 2 aromatic rings. The molecular weight excluding hydrogens is 440 g/mol. The Morgan fingerprint density at radius 2 is 1.97 bits per heavy atom. The Hall–Kier alpha value is -2.41. The molecule has 0 aromatic heterocycles. The van der Waals surface area contributed by atoms with Crippen LogP contribution in [0.3, 0.4) is 0 Å². The largest absolute Gasteiger partial charge is 0.494 e. The summed E-state index contributed by atoms with van der Waals surface area (Å²) in [5.74, 6) is 1.59.